The summed E-state index contributed by atoms with van der Waals surface area (Å²) in [5.41, 5.74) is 5.72. The molecular weight excluding hydrogens is 362 g/mol. The van der Waals surface area contributed by atoms with Crippen LogP contribution in [0, 0.1) is 0 Å². The number of carbonyl (C=O) groups is 1. The topological polar surface area (TPSA) is 75.7 Å². The molecule has 0 saturated heterocycles. The van der Waals surface area contributed by atoms with E-state index in [1.54, 1.807) is 6.20 Å². The molecule has 1 heterocycles. The molecule has 0 aromatic carbocycles. The number of allylic oxidation sites excluding steroid dienone is 2. The monoisotopic (exact) mass is 406 g/mol. The van der Waals surface area contributed by atoms with Gasteiger partial charge in [-0.1, -0.05) is 70.4 Å². The van der Waals surface area contributed by atoms with E-state index in [9.17, 15) is 9.90 Å². The first kappa shape index (κ1) is 25.6. The summed E-state index contributed by atoms with van der Waals surface area (Å²) in [5.74, 6) is 0.156. The summed E-state index contributed by atoms with van der Waals surface area (Å²) in [4.78, 5) is 15.7. The zero-order valence-corrected chi connectivity index (χ0v) is 18.7. The molecule has 29 heavy (non-hydrogen) atoms. The molecule has 0 saturated carbocycles. The Morgan fingerprint density at radius 2 is 1.59 bits per heavy atom. The van der Waals surface area contributed by atoms with Gasteiger partial charge in [0.25, 0.3) is 0 Å². The minimum Gasteiger partial charge on any atom is -0.477 e. The smallest absolute Gasteiger partial charge is 0.360 e. The molecular formula is C24H44N3O2+. The fourth-order valence-electron chi connectivity index (χ4n) is 3.99. The zero-order chi connectivity index (χ0) is 21.2. The van der Waals surface area contributed by atoms with Gasteiger partial charge in [0, 0.05) is 13.0 Å². The highest BCUT2D eigenvalue weighted by Gasteiger charge is 2.36. The summed E-state index contributed by atoms with van der Waals surface area (Å²) >= 11 is 0. The van der Waals surface area contributed by atoms with Crippen molar-refractivity contribution in [2.24, 2.45) is 10.7 Å². The highest BCUT2D eigenvalue weighted by Crippen LogP contribution is 2.21. The van der Waals surface area contributed by atoms with E-state index in [1.165, 1.54) is 77.0 Å². The summed E-state index contributed by atoms with van der Waals surface area (Å²) in [6.07, 6.45) is 25.9. The molecule has 166 valence electrons. The lowest BCUT2D eigenvalue weighted by Crippen LogP contribution is -2.52. The fourth-order valence-corrected chi connectivity index (χ4v) is 3.99. The highest BCUT2D eigenvalue weighted by atomic mass is 16.4. The Morgan fingerprint density at radius 1 is 1.00 bits per heavy atom. The standard InChI is InChI=1S/C24H43N3O2/c1-2-3-4-5-6-7-8-9-10-11-12-13-14-15-16-17-23-26-19-21-27(23,20-18-25)22-24(28)29/h7-8,19,21H,2-6,9-18,20,22,25H2,1H3/p+1/b8-7+. The van der Waals surface area contributed by atoms with E-state index in [2.05, 4.69) is 24.1 Å². The van der Waals surface area contributed by atoms with Crippen molar-refractivity contribution >= 4 is 11.8 Å². The van der Waals surface area contributed by atoms with Crippen LogP contribution >= 0.6 is 0 Å². The molecule has 0 fully saturated rings. The summed E-state index contributed by atoms with van der Waals surface area (Å²) in [7, 11) is 0. The summed E-state index contributed by atoms with van der Waals surface area (Å²) < 4.78 is 0.304. The van der Waals surface area contributed by atoms with Gasteiger partial charge < -0.3 is 10.8 Å². The number of nitrogens with two attached hydrogens (primary N) is 1. The highest BCUT2D eigenvalue weighted by molar-refractivity contribution is 5.81. The first-order chi connectivity index (χ1) is 14.1. The number of aliphatic carboxylic acids is 1. The lowest BCUT2D eigenvalue weighted by Gasteiger charge is -2.30. The number of hydrogen-bond donors (Lipinski definition) is 2. The molecule has 0 bridgehead atoms. The molecule has 1 unspecified atom stereocenters. The van der Waals surface area contributed by atoms with Crippen molar-refractivity contribution < 1.29 is 14.4 Å². The third-order valence-electron chi connectivity index (χ3n) is 5.70. The number of carboxylic acids is 1. The fraction of sp³-hybridized carbons (Fsp3) is 0.750. The number of quaternary nitrogens is 1. The lowest BCUT2D eigenvalue weighted by molar-refractivity contribution is -0.778. The molecule has 0 amide bonds. The maximum atomic E-state index is 11.2. The summed E-state index contributed by atoms with van der Waals surface area (Å²) in [6.45, 7) is 3.37. The Balaban J connectivity index is 2.03. The maximum Gasteiger partial charge on any atom is 0.360 e. The van der Waals surface area contributed by atoms with E-state index < -0.39 is 5.97 Å². The van der Waals surface area contributed by atoms with Crippen molar-refractivity contribution in [1.82, 2.24) is 0 Å². The van der Waals surface area contributed by atoms with Crippen LogP contribution in [0.5, 0.6) is 0 Å². The lowest BCUT2D eigenvalue weighted by atomic mass is 10.1. The molecule has 0 aromatic rings. The van der Waals surface area contributed by atoms with Gasteiger partial charge in [0.2, 0.25) is 5.84 Å². The predicted molar refractivity (Wildman–Crippen MR) is 123 cm³/mol. The Kier molecular flexibility index (Phi) is 14.4. The van der Waals surface area contributed by atoms with Crippen LogP contribution in [-0.4, -0.2) is 41.0 Å². The van der Waals surface area contributed by atoms with Crippen molar-refractivity contribution in [3.8, 4) is 0 Å². The molecule has 0 spiro atoms. The minimum absolute atomic E-state index is 0.0414. The van der Waals surface area contributed by atoms with Gasteiger partial charge in [0.05, 0.1) is 6.20 Å². The van der Waals surface area contributed by atoms with Gasteiger partial charge in [0.1, 0.15) is 12.7 Å². The van der Waals surface area contributed by atoms with Crippen molar-refractivity contribution in [3.05, 3.63) is 24.6 Å². The largest absolute Gasteiger partial charge is 0.477 e. The van der Waals surface area contributed by atoms with E-state index in [1.807, 2.05) is 6.20 Å². The normalized spacial score (nSPS) is 18.6. The van der Waals surface area contributed by atoms with Crippen LogP contribution in [-0.2, 0) is 4.79 Å². The third-order valence-corrected chi connectivity index (χ3v) is 5.70. The van der Waals surface area contributed by atoms with E-state index >= 15 is 0 Å². The number of carboxylic acid groups (broad SMARTS) is 1. The molecule has 1 aliphatic heterocycles. The number of rotatable bonds is 19. The van der Waals surface area contributed by atoms with Crippen LogP contribution in [0.2, 0.25) is 0 Å². The van der Waals surface area contributed by atoms with Crippen molar-refractivity contribution in [1.29, 1.82) is 0 Å². The van der Waals surface area contributed by atoms with E-state index in [0.717, 1.165) is 18.7 Å². The number of amidine groups is 1. The average molecular weight is 407 g/mol. The Bertz CT molecular complexity index is 528. The zero-order valence-electron chi connectivity index (χ0n) is 18.7. The quantitative estimate of drug-likeness (QED) is 0.162. The number of hydrogen-bond acceptors (Lipinski definition) is 3. The second-order valence-corrected chi connectivity index (χ2v) is 8.28. The SMILES string of the molecule is CCCCCC/C=C/CCCCCCCCCC1=NC=C[N+]1(CCN)CC(=O)O. The van der Waals surface area contributed by atoms with Crippen molar-refractivity contribution in [2.75, 3.05) is 19.6 Å². The first-order valence-electron chi connectivity index (χ1n) is 11.8. The molecule has 1 atom stereocenters. The second kappa shape index (κ2) is 16.3. The van der Waals surface area contributed by atoms with Gasteiger partial charge in [-0.25, -0.2) is 14.3 Å². The maximum absolute atomic E-state index is 11.2. The van der Waals surface area contributed by atoms with Crippen LogP contribution in [0.1, 0.15) is 96.8 Å². The van der Waals surface area contributed by atoms with E-state index in [4.69, 9.17) is 5.73 Å². The number of aliphatic imine (C=N–C) groups is 1. The van der Waals surface area contributed by atoms with E-state index in [-0.39, 0.29) is 6.54 Å². The van der Waals surface area contributed by atoms with Gasteiger partial charge in [0.15, 0.2) is 6.54 Å². The molecule has 0 aliphatic carbocycles. The molecule has 5 heteroatoms. The third kappa shape index (κ3) is 11.3. The van der Waals surface area contributed by atoms with Crippen LogP contribution in [0.15, 0.2) is 29.5 Å². The molecule has 1 rings (SSSR count). The summed E-state index contributed by atoms with van der Waals surface area (Å²) in [6, 6.07) is 0. The number of nitrogens with zero attached hydrogens (tertiary/aromatic N) is 2. The second-order valence-electron chi connectivity index (χ2n) is 8.28. The molecule has 3 N–H and O–H groups in total. The van der Waals surface area contributed by atoms with Gasteiger partial charge in [-0.3, -0.25) is 0 Å². The van der Waals surface area contributed by atoms with Gasteiger partial charge >= 0.3 is 5.97 Å². The minimum atomic E-state index is -0.802. The van der Waals surface area contributed by atoms with Crippen molar-refractivity contribution in [3.63, 3.8) is 0 Å². The van der Waals surface area contributed by atoms with Crippen molar-refractivity contribution in [2.45, 2.75) is 96.8 Å². The van der Waals surface area contributed by atoms with E-state index in [0.29, 0.717) is 17.6 Å². The van der Waals surface area contributed by atoms with Crippen LogP contribution in [0.25, 0.3) is 0 Å². The molecule has 1 aliphatic rings. The first-order valence-corrected chi connectivity index (χ1v) is 11.8. The summed E-state index contributed by atoms with van der Waals surface area (Å²) in [5, 5.41) is 9.24. The molecule has 0 aromatic heterocycles. The van der Waals surface area contributed by atoms with Crippen LogP contribution < -0.4 is 5.73 Å². The van der Waals surface area contributed by atoms with Gasteiger partial charge in [-0.05, 0) is 32.1 Å². The average Bonchev–Trinajstić information content (AvgIpc) is 3.06. The van der Waals surface area contributed by atoms with Crippen LogP contribution in [0.3, 0.4) is 0 Å². The molecule has 0 radical (unpaired) electrons. The Hall–Kier alpha value is -1.46. The van der Waals surface area contributed by atoms with Gasteiger partial charge in [-0.15, -0.1) is 0 Å². The Labute approximate surface area is 178 Å². The molecule has 5 nitrogen and oxygen atoms in total. The number of unbranched alkanes of at least 4 members (excludes halogenated alkanes) is 11. The Morgan fingerprint density at radius 3 is 2.17 bits per heavy atom. The van der Waals surface area contributed by atoms with Gasteiger partial charge in [-0.2, -0.15) is 0 Å². The van der Waals surface area contributed by atoms with Crippen LogP contribution in [0.4, 0.5) is 0 Å². The predicted octanol–water partition coefficient (Wildman–Crippen LogP) is 5.77.